The molecule has 0 heterocycles. The maximum Gasteiger partial charge on any atom is 0 e. The smallest absolute Gasteiger partial charge is 0 e. The molecule has 0 aromatic rings. The molecule has 0 unspecified atom stereocenters. The molecule has 0 bridgehead atoms. The van der Waals surface area contributed by atoms with E-state index in [0.29, 0.717) is 0 Å². The summed E-state index contributed by atoms with van der Waals surface area (Å²) in [6, 6.07) is 0. The van der Waals surface area contributed by atoms with Crippen LogP contribution >= 0.6 is 0 Å². The van der Waals surface area contributed by atoms with E-state index in [1.807, 2.05) is 0 Å². The van der Waals surface area contributed by atoms with Gasteiger partial charge in [0.2, 0.25) is 0 Å². The zero-order chi connectivity index (χ0) is 2.00. The monoisotopic (exact) mass is 318 g/mol. The number of hydrogen-bond acceptors (Lipinski definition) is 1. The summed E-state index contributed by atoms with van der Waals surface area (Å²) < 4.78 is 8.18. The van der Waals surface area contributed by atoms with Crippen molar-refractivity contribution in [2.45, 2.75) is 0 Å². The minimum absolute atomic E-state index is 0. The summed E-state index contributed by atoms with van der Waals surface area (Å²) in [7, 11) is 0. The van der Waals surface area contributed by atoms with Gasteiger partial charge in [0.25, 0.3) is 0 Å². The molecule has 26 valence electrons. The largest absolute Gasteiger partial charge is 0 e. The summed E-state index contributed by atoms with van der Waals surface area (Å²) in [5.74, 6) is 0. The van der Waals surface area contributed by atoms with Crippen LogP contribution in [-0.2, 0) is 48.4 Å². The van der Waals surface area contributed by atoms with E-state index in [-0.39, 0.29) is 26.5 Å². The molecule has 0 N–H and O–H groups in total. The summed E-state index contributed by atoms with van der Waals surface area (Å²) in [6.07, 6.45) is 0. The van der Waals surface area contributed by atoms with Crippen LogP contribution in [0.25, 0.3) is 0 Å². The van der Waals surface area contributed by atoms with Crippen molar-refractivity contribution in [2.24, 2.45) is 0 Å². The first-order chi connectivity index (χ1) is 1.00. The summed E-state index contributed by atoms with van der Waals surface area (Å²) in [4.78, 5) is 0. The minimum Gasteiger partial charge on any atom is 0 e. The molecule has 0 atom stereocenters. The number of rotatable bonds is 0. The van der Waals surface area contributed by atoms with Crippen molar-refractivity contribution in [3.63, 3.8) is 0 Å². The Morgan fingerprint density at radius 2 is 1.25 bits per heavy atom. The molecule has 0 spiro atoms. The van der Waals surface area contributed by atoms with E-state index in [4.69, 9.17) is 3.57 Å². The second-order valence-electron chi connectivity index (χ2n) is 0. The van der Waals surface area contributed by atoms with Crippen LogP contribution in [0, 0.1) is 0 Å². The van der Waals surface area contributed by atoms with E-state index < -0.39 is 0 Å². The molecule has 0 fully saturated rings. The van der Waals surface area contributed by atoms with Crippen LogP contribution in [0.3, 0.4) is 0 Å². The predicted octanol–water partition coefficient (Wildman–Crippen LogP) is -0.243. The first-order valence-corrected chi connectivity index (χ1v) is 0.854. The minimum atomic E-state index is 0. The Kier molecular flexibility index (Phi) is 164. The summed E-state index contributed by atoms with van der Waals surface area (Å²) >= 11 is 1.10. The maximum atomic E-state index is 8.18. The van der Waals surface area contributed by atoms with E-state index in [0.717, 1.165) is 18.3 Å². The second-order valence-corrected chi connectivity index (χ2v) is 0. The van der Waals surface area contributed by atoms with Crippen LogP contribution in [0.1, 0.15) is 0 Å². The van der Waals surface area contributed by atoms with Crippen LogP contribution in [0.2, 0.25) is 0 Å². The van der Waals surface area contributed by atoms with Gasteiger partial charge in [0.15, 0.2) is 0 Å². The molecule has 0 rings (SSSR count). The van der Waals surface area contributed by atoms with Crippen molar-refractivity contribution in [1.29, 1.82) is 0 Å². The van der Waals surface area contributed by atoms with Gasteiger partial charge in [-0.15, -0.1) is 0 Å². The SMILES string of the molecule is [O].[O]=[Ru].[W]. The molecule has 0 amide bonds. The standard InChI is InChI=1S/2O.Ru.W. The first kappa shape index (κ1) is 19.6. The van der Waals surface area contributed by atoms with Gasteiger partial charge in [-0.3, -0.25) is 0 Å². The molecule has 0 aromatic heterocycles. The predicted molar refractivity (Wildman–Crippen MR) is 1.37 cm³/mol. The van der Waals surface area contributed by atoms with Gasteiger partial charge in [0.1, 0.15) is 0 Å². The molecule has 0 aliphatic rings. The Balaban J connectivity index is -0.00000000500. The molecule has 0 saturated carbocycles. The Bertz CT molecular complexity index is 6.00. The van der Waals surface area contributed by atoms with Crippen molar-refractivity contribution in [2.75, 3.05) is 0 Å². The third-order valence-corrected chi connectivity index (χ3v) is 0. The molecule has 2 nitrogen and oxygen atoms in total. The molecule has 0 aromatic carbocycles. The van der Waals surface area contributed by atoms with Crippen molar-refractivity contribution in [3.05, 3.63) is 0 Å². The van der Waals surface area contributed by atoms with Gasteiger partial charge in [0, 0.05) is 26.5 Å². The van der Waals surface area contributed by atoms with Crippen molar-refractivity contribution in [3.8, 4) is 0 Å². The molecule has 0 saturated heterocycles. The quantitative estimate of drug-likeness (QED) is 0.569. The van der Waals surface area contributed by atoms with E-state index in [1.165, 1.54) is 0 Å². The molecular formula is O2RuW. The molecule has 2 radical (unpaired) electrons. The average molecular weight is 317 g/mol. The Morgan fingerprint density at radius 1 is 1.25 bits per heavy atom. The second kappa shape index (κ2) is 33.4. The van der Waals surface area contributed by atoms with Gasteiger partial charge in [-0.1, -0.05) is 0 Å². The van der Waals surface area contributed by atoms with E-state index >= 15 is 0 Å². The number of hydrogen-bond donors (Lipinski definition) is 0. The topological polar surface area (TPSA) is 45.6 Å². The van der Waals surface area contributed by atoms with Crippen LogP contribution in [0.15, 0.2) is 0 Å². The summed E-state index contributed by atoms with van der Waals surface area (Å²) in [5.41, 5.74) is 0. The van der Waals surface area contributed by atoms with Crippen LogP contribution in [-0.4, -0.2) is 0 Å². The van der Waals surface area contributed by atoms with Crippen LogP contribution in [0.5, 0.6) is 0 Å². The Hall–Kier alpha value is 1.07. The van der Waals surface area contributed by atoms with Crippen molar-refractivity contribution >= 4 is 0 Å². The first-order valence-electron chi connectivity index (χ1n) is 0.144. The van der Waals surface area contributed by atoms with Gasteiger partial charge < -0.3 is 0 Å². The van der Waals surface area contributed by atoms with Gasteiger partial charge >= 0.3 is 21.8 Å². The molecule has 4 heteroatoms. The maximum absolute atomic E-state index is 8.18. The molecular weight excluding hydrogens is 317 g/mol. The third kappa shape index (κ3) is 11.5. The summed E-state index contributed by atoms with van der Waals surface area (Å²) in [5, 5.41) is 0. The van der Waals surface area contributed by atoms with Gasteiger partial charge in [-0.25, -0.2) is 0 Å². The van der Waals surface area contributed by atoms with Crippen LogP contribution < -0.4 is 0 Å². The van der Waals surface area contributed by atoms with Crippen LogP contribution in [0.4, 0.5) is 0 Å². The molecule has 0 aliphatic heterocycles. The zero-order valence-corrected chi connectivity index (χ0v) is 6.25. The normalized spacial score (nSPS) is 1.25. The third-order valence-electron chi connectivity index (χ3n) is 0. The molecule has 4 heavy (non-hydrogen) atoms. The zero-order valence-electron chi connectivity index (χ0n) is 1.58. The Labute approximate surface area is 48.5 Å². The van der Waals surface area contributed by atoms with Crippen molar-refractivity contribution < 1.29 is 48.4 Å². The summed E-state index contributed by atoms with van der Waals surface area (Å²) in [6.45, 7) is 0. The van der Waals surface area contributed by atoms with E-state index in [9.17, 15) is 0 Å². The fourth-order valence-electron chi connectivity index (χ4n) is 0. The average Bonchev–Trinajstić information content (AvgIpc) is 1.00. The fourth-order valence-corrected chi connectivity index (χ4v) is 0. The Morgan fingerprint density at radius 3 is 1.25 bits per heavy atom. The van der Waals surface area contributed by atoms with Crippen molar-refractivity contribution in [1.82, 2.24) is 0 Å². The fraction of sp³-hybridized carbons (Fsp3) is 0. The van der Waals surface area contributed by atoms with Gasteiger partial charge in [-0.2, -0.15) is 0 Å². The van der Waals surface area contributed by atoms with Gasteiger partial charge in [0.05, 0.1) is 0 Å². The van der Waals surface area contributed by atoms with E-state index in [1.54, 1.807) is 0 Å². The van der Waals surface area contributed by atoms with E-state index in [2.05, 4.69) is 0 Å². The molecule has 0 aliphatic carbocycles. The van der Waals surface area contributed by atoms with Gasteiger partial charge in [-0.05, 0) is 0 Å².